The molecule has 0 spiro atoms. The summed E-state index contributed by atoms with van der Waals surface area (Å²) in [6.45, 7) is 0.241. The van der Waals surface area contributed by atoms with Gasteiger partial charge >= 0.3 is 0 Å². The highest BCUT2D eigenvalue weighted by molar-refractivity contribution is 5.77. The second kappa shape index (κ2) is 8.17. The highest BCUT2D eigenvalue weighted by Crippen LogP contribution is 2.35. The van der Waals surface area contributed by atoms with Gasteiger partial charge in [0.2, 0.25) is 5.91 Å². The minimum atomic E-state index is -0.673. The Morgan fingerprint density at radius 3 is 2.84 bits per heavy atom. The molecule has 2 aromatic rings. The molecule has 0 bridgehead atoms. The van der Waals surface area contributed by atoms with Crippen LogP contribution in [0.4, 0.5) is 0 Å². The van der Waals surface area contributed by atoms with Gasteiger partial charge in [0.25, 0.3) is 0 Å². The SMILES string of the molecule is COc1ccc2c(c1)CCCC2CC(=O)NCC(O)c1ccccc1. The summed E-state index contributed by atoms with van der Waals surface area (Å²) in [5.74, 6) is 1.10. The molecule has 4 heteroatoms. The molecular formula is C21H25NO3. The van der Waals surface area contributed by atoms with E-state index in [2.05, 4.69) is 17.4 Å². The van der Waals surface area contributed by atoms with E-state index in [9.17, 15) is 9.90 Å². The number of benzene rings is 2. The number of methoxy groups -OCH3 is 1. The average molecular weight is 339 g/mol. The molecule has 1 aliphatic rings. The molecule has 0 fully saturated rings. The fraction of sp³-hybridized carbons (Fsp3) is 0.381. The number of aliphatic hydroxyl groups excluding tert-OH is 1. The van der Waals surface area contributed by atoms with Gasteiger partial charge in [-0.2, -0.15) is 0 Å². The fourth-order valence-corrected chi connectivity index (χ4v) is 3.53. The lowest BCUT2D eigenvalue weighted by Crippen LogP contribution is -2.30. The first-order chi connectivity index (χ1) is 12.2. The minimum absolute atomic E-state index is 0.0105. The Balaban J connectivity index is 1.57. The zero-order valence-electron chi connectivity index (χ0n) is 14.6. The number of carbonyl (C=O) groups excluding carboxylic acids is 1. The molecule has 4 nitrogen and oxygen atoms in total. The molecule has 0 saturated carbocycles. The van der Waals surface area contributed by atoms with E-state index in [4.69, 9.17) is 4.74 Å². The Labute approximate surface area is 148 Å². The van der Waals surface area contributed by atoms with Gasteiger partial charge in [-0.05, 0) is 54.0 Å². The second-order valence-electron chi connectivity index (χ2n) is 6.59. The van der Waals surface area contributed by atoms with Crippen LogP contribution in [-0.4, -0.2) is 24.7 Å². The summed E-state index contributed by atoms with van der Waals surface area (Å²) in [7, 11) is 1.67. The maximum atomic E-state index is 12.3. The van der Waals surface area contributed by atoms with Crippen LogP contribution in [0.15, 0.2) is 48.5 Å². The van der Waals surface area contributed by atoms with Gasteiger partial charge in [0, 0.05) is 13.0 Å². The van der Waals surface area contributed by atoms with Crippen LogP contribution in [0.5, 0.6) is 5.75 Å². The summed E-state index contributed by atoms with van der Waals surface area (Å²) < 4.78 is 5.30. The highest BCUT2D eigenvalue weighted by atomic mass is 16.5. The second-order valence-corrected chi connectivity index (χ2v) is 6.59. The van der Waals surface area contributed by atoms with E-state index in [0.717, 1.165) is 30.6 Å². The maximum absolute atomic E-state index is 12.3. The summed E-state index contributed by atoms with van der Waals surface area (Å²) in [5, 5.41) is 13.0. The molecule has 2 atom stereocenters. The molecule has 0 aliphatic heterocycles. The molecule has 2 unspecified atom stereocenters. The molecule has 1 aliphatic carbocycles. The van der Waals surface area contributed by atoms with Crippen LogP contribution >= 0.6 is 0 Å². The lowest BCUT2D eigenvalue weighted by atomic mass is 9.81. The van der Waals surface area contributed by atoms with Gasteiger partial charge in [-0.3, -0.25) is 4.79 Å². The molecule has 1 amide bonds. The third-order valence-corrected chi connectivity index (χ3v) is 4.90. The highest BCUT2D eigenvalue weighted by Gasteiger charge is 2.23. The number of ether oxygens (including phenoxy) is 1. The summed E-state index contributed by atoms with van der Waals surface area (Å²) in [4.78, 5) is 12.3. The Bertz CT molecular complexity index is 714. The van der Waals surface area contributed by atoms with E-state index in [1.54, 1.807) is 7.11 Å². The number of aryl methyl sites for hydroxylation is 1. The zero-order valence-corrected chi connectivity index (χ0v) is 14.6. The van der Waals surface area contributed by atoms with Crippen LogP contribution in [-0.2, 0) is 11.2 Å². The first-order valence-corrected chi connectivity index (χ1v) is 8.84. The summed E-state index contributed by atoms with van der Waals surface area (Å²) in [6, 6.07) is 15.5. The van der Waals surface area contributed by atoms with E-state index in [0.29, 0.717) is 6.42 Å². The van der Waals surface area contributed by atoms with Crippen molar-refractivity contribution >= 4 is 5.91 Å². The van der Waals surface area contributed by atoms with Crippen molar-refractivity contribution in [1.82, 2.24) is 5.32 Å². The van der Waals surface area contributed by atoms with Gasteiger partial charge in [-0.15, -0.1) is 0 Å². The van der Waals surface area contributed by atoms with Gasteiger partial charge in [0.15, 0.2) is 0 Å². The van der Waals surface area contributed by atoms with Crippen molar-refractivity contribution in [2.75, 3.05) is 13.7 Å². The van der Waals surface area contributed by atoms with Crippen LogP contribution in [0.3, 0.4) is 0 Å². The van der Waals surface area contributed by atoms with Crippen LogP contribution < -0.4 is 10.1 Å². The van der Waals surface area contributed by atoms with E-state index in [1.807, 2.05) is 36.4 Å². The standard InChI is InChI=1S/C21H25NO3/c1-25-18-10-11-19-16(12-18)8-5-9-17(19)13-21(24)22-14-20(23)15-6-3-2-4-7-15/h2-4,6-7,10-12,17,20,23H,5,8-9,13-14H2,1H3,(H,22,24). The van der Waals surface area contributed by atoms with Gasteiger partial charge in [-0.1, -0.05) is 36.4 Å². The molecule has 25 heavy (non-hydrogen) atoms. The van der Waals surface area contributed by atoms with Gasteiger partial charge < -0.3 is 15.2 Å². The minimum Gasteiger partial charge on any atom is -0.497 e. The summed E-state index contributed by atoms with van der Waals surface area (Å²) in [5.41, 5.74) is 3.36. The smallest absolute Gasteiger partial charge is 0.220 e. The number of hydrogen-bond acceptors (Lipinski definition) is 3. The third-order valence-electron chi connectivity index (χ3n) is 4.90. The quantitative estimate of drug-likeness (QED) is 0.848. The number of amides is 1. The molecular weight excluding hydrogens is 314 g/mol. The number of rotatable bonds is 6. The van der Waals surface area contributed by atoms with Gasteiger partial charge in [0.1, 0.15) is 5.75 Å². The van der Waals surface area contributed by atoms with Crippen molar-refractivity contribution in [2.24, 2.45) is 0 Å². The Morgan fingerprint density at radius 1 is 1.28 bits per heavy atom. The zero-order chi connectivity index (χ0) is 17.6. The number of aliphatic hydroxyl groups is 1. The van der Waals surface area contributed by atoms with E-state index in [-0.39, 0.29) is 18.4 Å². The number of carbonyl (C=O) groups is 1. The normalized spacial score (nSPS) is 17.4. The molecule has 0 saturated heterocycles. The van der Waals surface area contributed by atoms with Crippen molar-refractivity contribution < 1.29 is 14.6 Å². The Kier molecular flexibility index (Phi) is 5.71. The molecule has 2 N–H and O–H groups in total. The van der Waals surface area contributed by atoms with Crippen molar-refractivity contribution in [1.29, 1.82) is 0 Å². The van der Waals surface area contributed by atoms with E-state index < -0.39 is 6.10 Å². The monoisotopic (exact) mass is 339 g/mol. The van der Waals surface area contributed by atoms with Crippen molar-refractivity contribution in [3.8, 4) is 5.75 Å². The van der Waals surface area contributed by atoms with Crippen molar-refractivity contribution in [3.05, 3.63) is 65.2 Å². The van der Waals surface area contributed by atoms with E-state index >= 15 is 0 Å². The topological polar surface area (TPSA) is 58.6 Å². The van der Waals surface area contributed by atoms with Gasteiger partial charge in [-0.25, -0.2) is 0 Å². The molecule has 0 radical (unpaired) electrons. The summed E-state index contributed by atoms with van der Waals surface area (Å²) >= 11 is 0. The third kappa shape index (κ3) is 4.40. The van der Waals surface area contributed by atoms with Gasteiger partial charge in [0.05, 0.1) is 13.2 Å². The Hall–Kier alpha value is -2.33. The number of hydrogen-bond donors (Lipinski definition) is 2. The lowest BCUT2D eigenvalue weighted by Gasteiger charge is -2.25. The van der Waals surface area contributed by atoms with Crippen molar-refractivity contribution in [2.45, 2.75) is 37.7 Å². The number of fused-ring (bicyclic) bond motifs is 1. The van der Waals surface area contributed by atoms with Crippen LogP contribution in [0, 0.1) is 0 Å². The lowest BCUT2D eigenvalue weighted by molar-refractivity contribution is -0.122. The molecule has 0 aromatic heterocycles. The van der Waals surface area contributed by atoms with Crippen LogP contribution in [0.2, 0.25) is 0 Å². The Morgan fingerprint density at radius 2 is 2.08 bits per heavy atom. The average Bonchev–Trinajstić information content (AvgIpc) is 2.66. The summed E-state index contributed by atoms with van der Waals surface area (Å²) in [6.07, 6.45) is 2.93. The van der Waals surface area contributed by atoms with Crippen LogP contribution in [0.25, 0.3) is 0 Å². The molecule has 2 aromatic carbocycles. The number of nitrogens with one attached hydrogen (secondary N) is 1. The predicted octanol–water partition coefficient (Wildman–Crippen LogP) is 3.36. The fourth-order valence-electron chi connectivity index (χ4n) is 3.53. The van der Waals surface area contributed by atoms with Crippen LogP contribution in [0.1, 0.15) is 48.0 Å². The first kappa shape index (κ1) is 17.5. The molecule has 0 heterocycles. The van der Waals surface area contributed by atoms with Crippen molar-refractivity contribution in [3.63, 3.8) is 0 Å². The first-order valence-electron chi connectivity index (χ1n) is 8.84. The molecule has 3 rings (SSSR count). The maximum Gasteiger partial charge on any atom is 0.220 e. The largest absolute Gasteiger partial charge is 0.497 e. The van der Waals surface area contributed by atoms with E-state index in [1.165, 1.54) is 11.1 Å². The molecule has 132 valence electrons. The predicted molar refractivity (Wildman–Crippen MR) is 97.7 cm³/mol.